The average Bonchev–Trinajstić information content (AvgIpc) is 3.35. The van der Waals surface area contributed by atoms with Crippen LogP contribution < -0.4 is 5.32 Å². The SMILES string of the molecule is CCCCCCCCCCC/C=C/C(O)C(CO)NC(=O)CCCCCCCCCCCCC/C=C\C/C=C\CCCCCCCCCCCOC(=O)CCCCCCCCCCCCCCCC. The molecular formula is C63H119NO5. The molecule has 406 valence electrons. The Hall–Kier alpha value is -1.92. The lowest BCUT2D eigenvalue weighted by molar-refractivity contribution is -0.143. The Morgan fingerprint density at radius 1 is 0.406 bits per heavy atom. The first-order chi connectivity index (χ1) is 34.0. The number of nitrogens with one attached hydrogen (secondary N) is 1. The molecule has 6 heteroatoms. The molecule has 0 aliphatic carbocycles. The van der Waals surface area contributed by atoms with Gasteiger partial charge in [-0.1, -0.05) is 288 Å². The first kappa shape index (κ1) is 67.1. The summed E-state index contributed by atoms with van der Waals surface area (Å²) in [5.74, 6) is -0.0597. The molecule has 0 aliphatic heterocycles. The van der Waals surface area contributed by atoms with Crippen LogP contribution >= 0.6 is 0 Å². The molecule has 6 nitrogen and oxygen atoms in total. The van der Waals surface area contributed by atoms with E-state index in [4.69, 9.17) is 4.74 Å². The van der Waals surface area contributed by atoms with E-state index in [2.05, 4.69) is 43.5 Å². The molecule has 0 aromatic rings. The number of hydrogen-bond acceptors (Lipinski definition) is 5. The third-order valence-electron chi connectivity index (χ3n) is 14.2. The van der Waals surface area contributed by atoms with Gasteiger partial charge in [-0.05, 0) is 64.2 Å². The molecule has 0 saturated carbocycles. The second-order valence-corrected chi connectivity index (χ2v) is 21.0. The summed E-state index contributed by atoms with van der Waals surface area (Å²) >= 11 is 0. The Bertz CT molecular complexity index is 1120. The summed E-state index contributed by atoms with van der Waals surface area (Å²) in [6, 6.07) is -0.629. The Morgan fingerprint density at radius 3 is 1.10 bits per heavy atom. The largest absolute Gasteiger partial charge is 0.466 e. The fraction of sp³-hybridized carbons (Fsp3) is 0.873. The number of rotatable bonds is 57. The number of carbonyl (C=O) groups excluding carboxylic acids is 2. The Labute approximate surface area is 430 Å². The van der Waals surface area contributed by atoms with Gasteiger partial charge in [0.1, 0.15) is 0 Å². The number of amides is 1. The lowest BCUT2D eigenvalue weighted by atomic mass is 10.0. The van der Waals surface area contributed by atoms with Gasteiger partial charge in [0, 0.05) is 12.8 Å². The van der Waals surface area contributed by atoms with Gasteiger partial charge in [0.25, 0.3) is 0 Å². The monoisotopic (exact) mass is 970 g/mol. The van der Waals surface area contributed by atoms with Crippen LogP contribution in [0.1, 0.15) is 328 Å². The Balaban J connectivity index is 3.41. The van der Waals surface area contributed by atoms with E-state index >= 15 is 0 Å². The number of esters is 1. The van der Waals surface area contributed by atoms with E-state index in [1.165, 1.54) is 257 Å². The van der Waals surface area contributed by atoms with Gasteiger partial charge in [0.2, 0.25) is 5.91 Å². The summed E-state index contributed by atoms with van der Waals surface area (Å²) < 4.78 is 5.48. The Kier molecular flexibility index (Phi) is 57.0. The maximum Gasteiger partial charge on any atom is 0.305 e. The molecule has 0 bridgehead atoms. The summed E-state index contributed by atoms with van der Waals surface area (Å²) in [6.45, 7) is 4.90. The molecule has 0 aromatic carbocycles. The van der Waals surface area contributed by atoms with Crippen LogP contribution in [0.5, 0.6) is 0 Å². The molecule has 0 aromatic heterocycles. The van der Waals surface area contributed by atoms with Crippen LogP contribution in [0.2, 0.25) is 0 Å². The third-order valence-corrected chi connectivity index (χ3v) is 14.2. The van der Waals surface area contributed by atoms with E-state index in [1.54, 1.807) is 6.08 Å². The van der Waals surface area contributed by atoms with E-state index in [9.17, 15) is 19.8 Å². The molecule has 69 heavy (non-hydrogen) atoms. The van der Waals surface area contributed by atoms with E-state index in [-0.39, 0.29) is 18.5 Å². The number of unbranched alkanes of at least 4 members (excludes halogenated alkanes) is 42. The van der Waals surface area contributed by atoms with Crippen molar-refractivity contribution >= 4 is 11.9 Å². The van der Waals surface area contributed by atoms with Crippen LogP contribution in [0.4, 0.5) is 0 Å². The van der Waals surface area contributed by atoms with Crippen molar-refractivity contribution < 1.29 is 24.5 Å². The van der Waals surface area contributed by atoms with Crippen molar-refractivity contribution in [2.45, 2.75) is 341 Å². The van der Waals surface area contributed by atoms with E-state index in [0.29, 0.717) is 19.4 Å². The van der Waals surface area contributed by atoms with E-state index < -0.39 is 12.1 Å². The summed E-state index contributed by atoms with van der Waals surface area (Å²) in [7, 11) is 0. The Morgan fingerprint density at radius 2 is 0.725 bits per heavy atom. The van der Waals surface area contributed by atoms with Gasteiger partial charge in [0.15, 0.2) is 0 Å². The minimum atomic E-state index is -0.845. The van der Waals surface area contributed by atoms with Crippen molar-refractivity contribution in [3.8, 4) is 0 Å². The highest BCUT2D eigenvalue weighted by atomic mass is 16.5. The zero-order valence-corrected chi connectivity index (χ0v) is 46.3. The zero-order valence-electron chi connectivity index (χ0n) is 46.3. The van der Waals surface area contributed by atoms with Gasteiger partial charge in [-0.2, -0.15) is 0 Å². The van der Waals surface area contributed by atoms with Crippen molar-refractivity contribution in [1.82, 2.24) is 5.32 Å². The molecule has 2 atom stereocenters. The first-order valence-corrected chi connectivity index (χ1v) is 30.8. The van der Waals surface area contributed by atoms with Crippen LogP contribution in [-0.2, 0) is 14.3 Å². The molecule has 1 amide bonds. The quantitative estimate of drug-likeness (QED) is 0.0321. The number of aliphatic hydroxyl groups excluding tert-OH is 2. The van der Waals surface area contributed by atoms with Gasteiger partial charge in [-0.3, -0.25) is 9.59 Å². The molecule has 3 N–H and O–H groups in total. The summed E-state index contributed by atoms with van der Waals surface area (Å²) in [5, 5.41) is 23.0. The molecule has 0 saturated heterocycles. The fourth-order valence-electron chi connectivity index (χ4n) is 9.43. The highest BCUT2D eigenvalue weighted by molar-refractivity contribution is 5.76. The van der Waals surface area contributed by atoms with Gasteiger partial charge in [-0.25, -0.2) is 0 Å². The predicted molar refractivity (Wildman–Crippen MR) is 301 cm³/mol. The number of ether oxygens (including phenoxy) is 1. The fourth-order valence-corrected chi connectivity index (χ4v) is 9.43. The van der Waals surface area contributed by atoms with E-state index in [0.717, 1.165) is 44.9 Å². The molecule has 0 spiro atoms. The van der Waals surface area contributed by atoms with Gasteiger partial charge in [0.05, 0.1) is 25.4 Å². The number of aliphatic hydroxyl groups is 2. The van der Waals surface area contributed by atoms with Crippen LogP contribution in [0.3, 0.4) is 0 Å². The standard InChI is InChI=1S/C63H119NO5/c1-3-5-7-9-11-13-15-16-33-37-41-45-49-53-57-63(68)69-58-54-50-46-42-38-34-31-29-27-25-23-21-19-17-18-20-22-24-26-28-30-32-36-40-44-48-52-56-62(67)64-60(59-65)61(66)55-51-47-43-39-35-14-12-10-8-6-4-2/h17-18,21,23,51,55,60-61,65-66H,3-16,19-20,22,24-50,52-54,56-59H2,1-2H3,(H,64,67)/b18-17-,23-21-,55-51+. The van der Waals surface area contributed by atoms with Crippen molar-refractivity contribution in [3.63, 3.8) is 0 Å². The minimum Gasteiger partial charge on any atom is -0.466 e. The number of hydrogen-bond donors (Lipinski definition) is 3. The van der Waals surface area contributed by atoms with Crippen molar-refractivity contribution in [1.29, 1.82) is 0 Å². The molecule has 0 aliphatic rings. The highest BCUT2D eigenvalue weighted by Gasteiger charge is 2.18. The maximum atomic E-state index is 12.4. The molecule has 0 rings (SSSR count). The average molecular weight is 971 g/mol. The summed E-state index contributed by atoms with van der Waals surface area (Å²) in [6.07, 6.45) is 73.3. The van der Waals surface area contributed by atoms with Gasteiger partial charge < -0.3 is 20.3 Å². The topological polar surface area (TPSA) is 95.9 Å². The minimum absolute atomic E-state index is 0.0124. The number of carbonyl (C=O) groups is 2. The van der Waals surface area contributed by atoms with Crippen LogP contribution in [0.25, 0.3) is 0 Å². The highest BCUT2D eigenvalue weighted by Crippen LogP contribution is 2.17. The summed E-state index contributed by atoms with van der Waals surface area (Å²) in [5.41, 5.74) is 0. The van der Waals surface area contributed by atoms with Crippen LogP contribution in [0.15, 0.2) is 36.5 Å². The lowest BCUT2D eigenvalue weighted by Crippen LogP contribution is -2.45. The van der Waals surface area contributed by atoms with Crippen molar-refractivity contribution in [2.24, 2.45) is 0 Å². The summed E-state index contributed by atoms with van der Waals surface area (Å²) in [4.78, 5) is 24.5. The van der Waals surface area contributed by atoms with Gasteiger partial charge >= 0.3 is 5.97 Å². The zero-order chi connectivity index (χ0) is 50.0. The third kappa shape index (κ3) is 55.2. The van der Waals surface area contributed by atoms with Crippen LogP contribution in [-0.4, -0.2) is 47.4 Å². The van der Waals surface area contributed by atoms with Crippen molar-refractivity contribution in [3.05, 3.63) is 36.5 Å². The van der Waals surface area contributed by atoms with Crippen LogP contribution in [0, 0.1) is 0 Å². The molecule has 0 radical (unpaired) electrons. The maximum absolute atomic E-state index is 12.4. The van der Waals surface area contributed by atoms with E-state index in [1.807, 2.05) is 6.08 Å². The molecule has 2 unspecified atom stereocenters. The molecular weight excluding hydrogens is 851 g/mol. The smallest absolute Gasteiger partial charge is 0.305 e. The molecule has 0 fully saturated rings. The predicted octanol–water partition coefficient (Wildman–Crippen LogP) is 19.2. The van der Waals surface area contributed by atoms with Crippen molar-refractivity contribution in [2.75, 3.05) is 13.2 Å². The number of allylic oxidation sites excluding steroid dienone is 5. The normalized spacial score (nSPS) is 12.8. The second kappa shape index (κ2) is 58.6. The second-order valence-electron chi connectivity index (χ2n) is 21.0. The first-order valence-electron chi connectivity index (χ1n) is 30.8. The lowest BCUT2D eigenvalue weighted by Gasteiger charge is -2.20. The van der Waals surface area contributed by atoms with Gasteiger partial charge in [-0.15, -0.1) is 0 Å². The molecule has 0 heterocycles.